The fourth-order valence-electron chi connectivity index (χ4n) is 5.39. The van der Waals surface area contributed by atoms with Crippen LogP contribution >= 0.6 is 0 Å². The predicted molar refractivity (Wildman–Crippen MR) is 211 cm³/mol. The zero-order valence-corrected chi connectivity index (χ0v) is 30.6. The van der Waals surface area contributed by atoms with Crippen LogP contribution < -0.4 is 32.3 Å². The Balaban J connectivity index is 1.19. The van der Waals surface area contributed by atoms with Crippen molar-refractivity contribution in [2.24, 2.45) is 5.73 Å². The summed E-state index contributed by atoms with van der Waals surface area (Å²) in [5.74, 6) is -6.21. The third-order valence-corrected chi connectivity index (χ3v) is 8.46. The van der Waals surface area contributed by atoms with E-state index in [1.165, 1.54) is 109 Å². The van der Waals surface area contributed by atoms with Gasteiger partial charge in [0.15, 0.2) is 6.10 Å². The Morgan fingerprint density at radius 1 is 0.610 bits per heavy atom. The molecule has 0 aliphatic heterocycles. The highest BCUT2D eigenvalue weighted by molar-refractivity contribution is 6.09. The third kappa shape index (κ3) is 10.7. The lowest BCUT2D eigenvalue weighted by atomic mass is 10.1. The van der Waals surface area contributed by atoms with E-state index in [1.807, 2.05) is 0 Å². The second-order valence-corrected chi connectivity index (χ2v) is 12.4. The van der Waals surface area contributed by atoms with Gasteiger partial charge in [-0.2, -0.15) is 0 Å². The molecule has 0 aliphatic rings. The summed E-state index contributed by atoms with van der Waals surface area (Å²) in [6.07, 6.45) is -1.61. The van der Waals surface area contributed by atoms with Crippen molar-refractivity contribution in [1.29, 1.82) is 0 Å². The van der Waals surface area contributed by atoms with Gasteiger partial charge in [0.1, 0.15) is 11.8 Å². The minimum atomic E-state index is -1.63. The number of carboxylic acids is 1. The van der Waals surface area contributed by atoms with E-state index < -0.39 is 64.2 Å². The average molecular weight is 804 g/mol. The largest absolute Gasteiger partial charge is 0.507 e. The molecule has 59 heavy (non-hydrogen) atoms. The fourth-order valence-corrected chi connectivity index (χ4v) is 5.39. The van der Waals surface area contributed by atoms with Crippen LogP contribution in [-0.2, 0) is 14.3 Å². The number of aromatic carboxylic acids is 1. The Morgan fingerprint density at radius 2 is 1.03 bits per heavy atom. The number of benzene rings is 5. The standard InChI is InChI=1S/C40H33N7O12/c1-59-33(34(41)49)32(46-37(52)22-4-10-25(11-5-22)42-35(50)23-8-17-29(18-9-23)47(57)58)39(54)44-27-12-2-21(3-13-27)36(51)45-28-16-19-30(31(48)20-28)38(53)43-26-14-6-24(7-15-26)40(55)56/h2-20,32-33,48H,1H3,(H2,41,49)(H,42,50)(H,43,53)(H,44,54)(H,45,51)(H,46,52)(H,55,56). The number of nitro benzene ring substituents is 1. The molecule has 300 valence electrons. The number of aromatic hydroxyl groups is 1. The van der Waals surface area contributed by atoms with Crippen molar-refractivity contribution in [1.82, 2.24) is 5.32 Å². The van der Waals surface area contributed by atoms with Crippen LogP contribution in [0.1, 0.15) is 51.8 Å². The quantitative estimate of drug-likeness (QED) is 0.0551. The predicted octanol–water partition coefficient (Wildman–Crippen LogP) is 3.99. The van der Waals surface area contributed by atoms with E-state index in [-0.39, 0.29) is 50.6 Å². The van der Waals surface area contributed by atoms with Gasteiger partial charge in [0, 0.05) is 64.7 Å². The van der Waals surface area contributed by atoms with Crippen molar-refractivity contribution >= 4 is 69.8 Å². The fraction of sp³-hybridized carbons (Fsp3) is 0.0750. The van der Waals surface area contributed by atoms with E-state index in [9.17, 15) is 48.8 Å². The normalized spacial score (nSPS) is 11.5. The summed E-state index contributed by atoms with van der Waals surface area (Å²) in [5, 5.41) is 43.1. The Labute approximate surface area is 333 Å². The first-order valence-electron chi connectivity index (χ1n) is 17.1. The van der Waals surface area contributed by atoms with Gasteiger partial charge in [-0.25, -0.2) is 4.79 Å². The zero-order valence-electron chi connectivity index (χ0n) is 30.6. The monoisotopic (exact) mass is 803 g/mol. The zero-order chi connectivity index (χ0) is 42.8. The van der Waals surface area contributed by atoms with E-state index in [4.69, 9.17) is 15.6 Å². The van der Waals surface area contributed by atoms with Crippen molar-refractivity contribution < 1.29 is 53.4 Å². The first-order valence-corrected chi connectivity index (χ1v) is 17.1. The lowest BCUT2D eigenvalue weighted by Crippen LogP contribution is -2.56. The van der Waals surface area contributed by atoms with E-state index in [2.05, 4.69) is 26.6 Å². The van der Waals surface area contributed by atoms with E-state index in [1.54, 1.807) is 0 Å². The van der Waals surface area contributed by atoms with E-state index in [0.29, 0.717) is 5.69 Å². The molecule has 0 heterocycles. The highest BCUT2D eigenvalue weighted by Crippen LogP contribution is 2.24. The molecule has 5 aromatic carbocycles. The summed E-state index contributed by atoms with van der Waals surface area (Å²) in [6, 6.07) is 23.4. The molecule has 19 nitrogen and oxygen atoms in total. The minimum Gasteiger partial charge on any atom is -0.507 e. The van der Waals surface area contributed by atoms with Crippen molar-refractivity contribution in [3.8, 4) is 5.75 Å². The molecule has 0 aromatic heterocycles. The molecule has 5 rings (SSSR count). The number of ether oxygens (including phenoxy) is 1. The molecule has 19 heteroatoms. The molecule has 2 atom stereocenters. The SMILES string of the molecule is COC(C(N)=O)C(NC(=O)c1ccc(NC(=O)c2ccc([N+](=O)[O-])cc2)cc1)C(=O)Nc1ccc(C(=O)Nc2ccc(C(=O)Nc3ccc(C(=O)O)cc3)c(O)c2)cc1. The van der Waals surface area contributed by atoms with Crippen LogP contribution in [0.15, 0.2) is 115 Å². The second-order valence-electron chi connectivity index (χ2n) is 12.4. The molecule has 6 amide bonds. The van der Waals surface area contributed by atoms with Crippen LogP contribution in [-0.4, -0.2) is 75.8 Å². The molecule has 0 aliphatic carbocycles. The van der Waals surface area contributed by atoms with Gasteiger partial charge in [-0.3, -0.25) is 38.9 Å². The Morgan fingerprint density at radius 3 is 1.49 bits per heavy atom. The number of nitrogens with one attached hydrogen (secondary N) is 5. The molecule has 0 bridgehead atoms. The molecular formula is C40H33N7O12. The molecule has 0 saturated heterocycles. The molecule has 2 unspecified atom stereocenters. The minimum absolute atomic E-state index is 0.0261. The number of hydrogen-bond donors (Lipinski definition) is 8. The number of rotatable bonds is 15. The number of non-ortho nitro benzene ring substituents is 1. The van der Waals surface area contributed by atoms with Gasteiger partial charge in [0.2, 0.25) is 11.8 Å². The number of methoxy groups -OCH3 is 1. The van der Waals surface area contributed by atoms with Gasteiger partial charge >= 0.3 is 5.97 Å². The number of carbonyl (C=O) groups excluding carboxylic acids is 6. The Hall–Kier alpha value is -8.45. The number of phenolic OH excluding ortho intramolecular Hbond substituents is 1. The summed E-state index contributed by atoms with van der Waals surface area (Å²) in [4.78, 5) is 98.4. The van der Waals surface area contributed by atoms with Crippen LogP contribution in [0.4, 0.5) is 28.4 Å². The van der Waals surface area contributed by atoms with Crippen molar-refractivity contribution in [3.05, 3.63) is 153 Å². The molecule has 0 saturated carbocycles. The third-order valence-electron chi connectivity index (χ3n) is 8.46. The van der Waals surface area contributed by atoms with Crippen LogP contribution in [0.25, 0.3) is 0 Å². The molecule has 9 N–H and O–H groups in total. The Kier molecular flexibility index (Phi) is 13.0. The smallest absolute Gasteiger partial charge is 0.335 e. The summed E-state index contributed by atoms with van der Waals surface area (Å²) >= 11 is 0. The van der Waals surface area contributed by atoms with Crippen molar-refractivity contribution in [2.45, 2.75) is 12.1 Å². The summed E-state index contributed by atoms with van der Waals surface area (Å²) < 4.78 is 5.12. The van der Waals surface area contributed by atoms with Gasteiger partial charge < -0.3 is 47.3 Å². The number of nitrogens with two attached hydrogens (primary N) is 1. The van der Waals surface area contributed by atoms with Crippen LogP contribution in [0.3, 0.4) is 0 Å². The number of carboxylic acid groups (broad SMARTS) is 1. The molecule has 0 spiro atoms. The molecule has 5 aromatic rings. The summed E-state index contributed by atoms with van der Waals surface area (Å²) in [5.41, 5.74) is 6.36. The van der Waals surface area contributed by atoms with Crippen LogP contribution in [0, 0.1) is 10.1 Å². The van der Waals surface area contributed by atoms with Crippen LogP contribution in [0.5, 0.6) is 5.75 Å². The number of carbonyl (C=O) groups is 7. The van der Waals surface area contributed by atoms with Gasteiger partial charge in [-0.1, -0.05) is 0 Å². The molecule has 0 fully saturated rings. The molecule has 0 radical (unpaired) electrons. The topological polar surface area (TPSA) is 298 Å². The molecular weight excluding hydrogens is 770 g/mol. The average Bonchev–Trinajstić information content (AvgIpc) is 3.21. The number of primary amides is 1. The van der Waals surface area contributed by atoms with Gasteiger partial charge in [-0.05, 0) is 97.1 Å². The highest BCUT2D eigenvalue weighted by Gasteiger charge is 2.34. The lowest BCUT2D eigenvalue weighted by Gasteiger charge is -2.24. The van der Waals surface area contributed by atoms with Gasteiger partial charge in [0.25, 0.3) is 29.3 Å². The van der Waals surface area contributed by atoms with Gasteiger partial charge in [0.05, 0.1) is 16.1 Å². The number of amides is 6. The number of anilines is 4. The first-order chi connectivity index (χ1) is 28.1. The first kappa shape index (κ1) is 41.7. The lowest BCUT2D eigenvalue weighted by molar-refractivity contribution is -0.384. The summed E-state index contributed by atoms with van der Waals surface area (Å²) in [6.45, 7) is 0. The summed E-state index contributed by atoms with van der Waals surface area (Å²) in [7, 11) is 1.12. The van der Waals surface area contributed by atoms with E-state index >= 15 is 0 Å². The Bertz CT molecular complexity index is 2440. The number of hydrogen-bond acceptors (Lipinski definition) is 11. The highest BCUT2D eigenvalue weighted by atomic mass is 16.6. The number of phenols is 1. The maximum Gasteiger partial charge on any atom is 0.335 e. The maximum absolute atomic E-state index is 13.4. The maximum atomic E-state index is 13.4. The van der Waals surface area contributed by atoms with Crippen molar-refractivity contribution in [3.63, 3.8) is 0 Å². The number of nitro groups is 1. The number of nitrogens with zero attached hydrogens (tertiary/aromatic N) is 1. The van der Waals surface area contributed by atoms with E-state index in [0.717, 1.165) is 13.2 Å². The second kappa shape index (κ2) is 18.5. The van der Waals surface area contributed by atoms with Gasteiger partial charge in [-0.15, -0.1) is 0 Å². The van der Waals surface area contributed by atoms with Crippen molar-refractivity contribution in [2.75, 3.05) is 28.4 Å². The van der Waals surface area contributed by atoms with Crippen LogP contribution in [0.2, 0.25) is 0 Å².